The number of anilines is 1. The van der Waals surface area contributed by atoms with Gasteiger partial charge in [-0.1, -0.05) is 42.5 Å². The lowest BCUT2D eigenvalue weighted by Gasteiger charge is -2.29. The van der Waals surface area contributed by atoms with Crippen molar-refractivity contribution in [2.45, 2.75) is 38.8 Å². The molecule has 0 fully saturated rings. The SMILES string of the molecule is CC(CCc1ccccc1)NC(=O)C(C)N(c1ccccc1F)S(C)(=O)=O. The number of carbonyl (C=O) groups excluding carboxylic acids is 1. The Morgan fingerprint density at radius 3 is 2.26 bits per heavy atom. The Balaban J connectivity index is 2.07. The van der Waals surface area contributed by atoms with Crippen LogP contribution in [0.1, 0.15) is 25.8 Å². The van der Waals surface area contributed by atoms with Gasteiger partial charge in [0, 0.05) is 6.04 Å². The first kappa shape index (κ1) is 20.9. The predicted octanol–water partition coefficient (Wildman–Crippen LogP) is 3.12. The molecular weight excluding hydrogens is 367 g/mol. The van der Waals surface area contributed by atoms with E-state index < -0.39 is 27.8 Å². The van der Waals surface area contributed by atoms with Crippen LogP contribution in [0.15, 0.2) is 54.6 Å². The summed E-state index contributed by atoms with van der Waals surface area (Å²) < 4.78 is 39.4. The third kappa shape index (κ3) is 5.79. The summed E-state index contributed by atoms with van der Waals surface area (Å²) in [6, 6.07) is 14.2. The van der Waals surface area contributed by atoms with Gasteiger partial charge in [-0.25, -0.2) is 12.8 Å². The number of nitrogens with one attached hydrogen (secondary N) is 1. The average Bonchev–Trinajstić information content (AvgIpc) is 2.61. The molecule has 27 heavy (non-hydrogen) atoms. The van der Waals surface area contributed by atoms with Crippen molar-refractivity contribution in [1.29, 1.82) is 0 Å². The first-order valence-corrected chi connectivity index (χ1v) is 10.6. The lowest BCUT2D eigenvalue weighted by molar-refractivity contribution is -0.122. The monoisotopic (exact) mass is 392 g/mol. The number of halogens is 1. The molecule has 2 atom stereocenters. The molecule has 146 valence electrons. The third-order valence-corrected chi connectivity index (χ3v) is 5.50. The molecular formula is C20H25FN2O3S. The van der Waals surface area contributed by atoms with Crippen molar-refractivity contribution in [2.24, 2.45) is 0 Å². The zero-order valence-electron chi connectivity index (χ0n) is 15.7. The van der Waals surface area contributed by atoms with Crippen LogP contribution in [-0.2, 0) is 21.2 Å². The summed E-state index contributed by atoms with van der Waals surface area (Å²) in [5, 5.41) is 2.82. The molecule has 0 saturated carbocycles. The van der Waals surface area contributed by atoms with E-state index >= 15 is 0 Å². The summed E-state index contributed by atoms with van der Waals surface area (Å²) in [7, 11) is -3.84. The van der Waals surface area contributed by atoms with Gasteiger partial charge in [0.15, 0.2) is 0 Å². The quantitative estimate of drug-likeness (QED) is 0.751. The van der Waals surface area contributed by atoms with E-state index in [2.05, 4.69) is 5.32 Å². The van der Waals surface area contributed by atoms with Crippen molar-refractivity contribution in [3.8, 4) is 0 Å². The number of nitrogens with zero attached hydrogens (tertiary/aromatic N) is 1. The molecule has 7 heteroatoms. The van der Waals surface area contributed by atoms with E-state index in [1.807, 2.05) is 37.3 Å². The minimum atomic E-state index is -3.84. The van der Waals surface area contributed by atoms with E-state index in [9.17, 15) is 17.6 Å². The molecule has 2 aromatic rings. The Hall–Kier alpha value is -2.41. The molecule has 0 heterocycles. The van der Waals surface area contributed by atoms with Gasteiger partial charge < -0.3 is 5.32 Å². The highest BCUT2D eigenvalue weighted by molar-refractivity contribution is 7.92. The molecule has 1 N–H and O–H groups in total. The van der Waals surface area contributed by atoms with Gasteiger partial charge in [-0.3, -0.25) is 9.10 Å². The van der Waals surface area contributed by atoms with Crippen LogP contribution in [-0.4, -0.2) is 32.7 Å². The number of hydrogen-bond acceptors (Lipinski definition) is 3. The van der Waals surface area contributed by atoms with E-state index in [4.69, 9.17) is 0 Å². The smallest absolute Gasteiger partial charge is 0.243 e. The van der Waals surface area contributed by atoms with Gasteiger partial charge >= 0.3 is 0 Å². The standard InChI is InChI=1S/C20H25FN2O3S/c1-15(13-14-17-9-5-4-6-10-17)22-20(24)16(2)23(27(3,25)26)19-12-8-7-11-18(19)21/h4-12,15-16H,13-14H2,1-3H3,(H,22,24). The van der Waals surface area contributed by atoms with Crippen LogP contribution in [0, 0.1) is 5.82 Å². The average molecular weight is 392 g/mol. The summed E-state index contributed by atoms with van der Waals surface area (Å²) in [5.74, 6) is -1.16. The molecule has 0 aromatic heterocycles. The maximum absolute atomic E-state index is 14.1. The lowest BCUT2D eigenvalue weighted by atomic mass is 10.1. The van der Waals surface area contributed by atoms with E-state index in [0.29, 0.717) is 6.42 Å². The molecule has 0 aliphatic heterocycles. The second-order valence-electron chi connectivity index (χ2n) is 6.62. The molecule has 0 bridgehead atoms. The Morgan fingerprint density at radius 1 is 1.07 bits per heavy atom. The fraction of sp³-hybridized carbons (Fsp3) is 0.350. The number of hydrogen-bond donors (Lipinski definition) is 1. The van der Waals surface area contributed by atoms with Crippen molar-refractivity contribution in [3.05, 3.63) is 66.0 Å². The molecule has 0 aliphatic carbocycles. The number of sulfonamides is 1. The van der Waals surface area contributed by atoms with Crippen LogP contribution in [0.3, 0.4) is 0 Å². The molecule has 0 radical (unpaired) electrons. The molecule has 2 aromatic carbocycles. The minimum Gasteiger partial charge on any atom is -0.352 e. The van der Waals surface area contributed by atoms with Crippen molar-refractivity contribution < 1.29 is 17.6 Å². The predicted molar refractivity (Wildman–Crippen MR) is 106 cm³/mol. The van der Waals surface area contributed by atoms with Crippen molar-refractivity contribution in [3.63, 3.8) is 0 Å². The third-order valence-electron chi connectivity index (χ3n) is 4.28. The zero-order chi connectivity index (χ0) is 20.0. The van der Waals surface area contributed by atoms with E-state index in [1.165, 1.54) is 31.2 Å². The Bertz CT molecular complexity index is 872. The normalized spacial score (nSPS) is 13.6. The molecule has 0 aliphatic rings. The van der Waals surface area contributed by atoms with Crippen LogP contribution in [0.4, 0.5) is 10.1 Å². The van der Waals surface area contributed by atoms with Gasteiger partial charge in [-0.15, -0.1) is 0 Å². The van der Waals surface area contributed by atoms with Crippen molar-refractivity contribution in [2.75, 3.05) is 10.6 Å². The van der Waals surface area contributed by atoms with Gasteiger partial charge in [0.2, 0.25) is 15.9 Å². The van der Waals surface area contributed by atoms with E-state index in [0.717, 1.165) is 22.5 Å². The summed E-state index contributed by atoms with van der Waals surface area (Å²) in [6.07, 6.45) is 2.46. The summed E-state index contributed by atoms with van der Waals surface area (Å²) in [5.41, 5.74) is 1.02. The highest BCUT2D eigenvalue weighted by Crippen LogP contribution is 2.24. The molecule has 5 nitrogen and oxygen atoms in total. The first-order valence-electron chi connectivity index (χ1n) is 8.78. The van der Waals surface area contributed by atoms with E-state index in [-0.39, 0.29) is 11.7 Å². The molecule has 1 amide bonds. The molecule has 0 saturated heterocycles. The number of benzene rings is 2. The van der Waals surface area contributed by atoms with Gasteiger partial charge in [0.25, 0.3) is 0 Å². The van der Waals surface area contributed by atoms with Crippen LogP contribution in [0.25, 0.3) is 0 Å². The number of aryl methyl sites for hydroxylation is 1. The summed E-state index contributed by atoms with van der Waals surface area (Å²) in [6.45, 7) is 3.31. The van der Waals surface area contributed by atoms with Crippen molar-refractivity contribution in [1.82, 2.24) is 5.32 Å². The van der Waals surface area contributed by atoms with E-state index in [1.54, 1.807) is 0 Å². The Morgan fingerprint density at radius 2 is 1.67 bits per heavy atom. The lowest BCUT2D eigenvalue weighted by Crippen LogP contribution is -2.50. The Kier molecular flexibility index (Phi) is 6.96. The van der Waals surface area contributed by atoms with Gasteiger partial charge in [-0.2, -0.15) is 0 Å². The minimum absolute atomic E-state index is 0.139. The maximum atomic E-state index is 14.1. The second-order valence-corrected chi connectivity index (χ2v) is 8.48. The van der Waals surface area contributed by atoms with Crippen molar-refractivity contribution >= 4 is 21.6 Å². The largest absolute Gasteiger partial charge is 0.352 e. The number of rotatable bonds is 8. The number of carbonyl (C=O) groups is 1. The van der Waals surface area contributed by atoms with Crippen LogP contribution in [0.2, 0.25) is 0 Å². The first-order chi connectivity index (χ1) is 12.7. The maximum Gasteiger partial charge on any atom is 0.243 e. The highest BCUT2D eigenvalue weighted by atomic mass is 32.2. The molecule has 2 unspecified atom stereocenters. The van der Waals surface area contributed by atoms with Gasteiger partial charge in [0.05, 0.1) is 11.9 Å². The van der Waals surface area contributed by atoms with Crippen LogP contribution < -0.4 is 9.62 Å². The molecule has 2 rings (SSSR count). The summed E-state index contributed by atoms with van der Waals surface area (Å²) >= 11 is 0. The van der Waals surface area contributed by atoms with Gasteiger partial charge in [0.1, 0.15) is 11.9 Å². The van der Waals surface area contributed by atoms with Gasteiger partial charge in [-0.05, 0) is 44.4 Å². The fourth-order valence-corrected chi connectivity index (χ4v) is 4.05. The number of para-hydroxylation sites is 1. The second kappa shape index (κ2) is 8.99. The molecule has 0 spiro atoms. The fourth-order valence-electron chi connectivity index (χ4n) is 2.87. The summed E-state index contributed by atoms with van der Waals surface area (Å²) in [4.78, 5) is 12.6. The Labute approximate surface area is 160 Å². The highest BCUT2D eigenvalue weighted by Gasteiger charge is 2.31. The topological polar surface area (TPSA) is 66.5 Å². The number of amides is 1. The van der Waals surface area contributed by atoms with Crippen LogP contribution in [0.5, 0.6) is 0 Å². The zero-order valence-corrected chi connectivity index (χ0v) is 16.5. The van der Waals surface area contributed by atoms with Crippen LogP contribution >= 0.6 is 0 Å².